The van der Waals surface area contributed by atoms with Crippen molar-refractivity contribution >= 4 is 0 Å². The monoisotopic (exact) mass is 407 g/mol. The van der Waals surface area contributed by atoms with Crippen molar-refractivity contribution in [3.8, 4) is 0 Å². The summed E-state index contributed by atoms with van der Waals surface area (Å²) >= 11 is 0. The van der Waals surface area contributed by atoms with Gasteiger partial charge < -0.3 is 4.74 Å². The van der Waals surface area contributed by atoms with Gasteiger partial charge in [0.25, 0.3) is 0 Å². The first-order chi connectivity index (χ1) is 13.5. The van der Waals surface area contributed by atoms with Crippen molar-refractivity contribution in [2.75, 3.05) is 45.9 Å². The van der Waals surface area contributed by atoms with Crippen LogP contribution in [0.1, 0.15) is 87.0 Å². The van der Waals surface area contributed by atoms with E-state index in [9.17, 15) is 0 Å². The molecule has 3 saturated heterocycles. The number of morpholine rings is 1. The fourth-order valence-electron chi connectivity index (χ4n) is 6.04. The van der Waals surface area contributed by atoms with Crippen LogP contribution >= 0.6 is 0 Å². The molecular weight excluding hydrogens is 358 g/mol. The predicted octanol–water partition coefficient (Wildman–Crippen LogP) is 4.63. The number of piperidine rings is 1. The molecule has 170 valence electrons. The lowest BCUT2D eigenvalue weighted by molar-refractivity contribution is -0.0815. The normalized spacial score (nSPS) is 27.6. The number of rotatable bonds is 6. The second kappa shape index (κ2) is 9.14. The van der Waals surface area contributed by atoms with Gasteiger partial charge in [-0.1, -0.05) is 0 Å². The summed E-state index contributed by atoms with van der Waals surface area (Å²) in [5.41, 5.74) is 0.846. The molecule has 3 rings (SSSR count). The van der Waals surface area contributed by atoms with E-state index in [1.807, 2.05) is 0 Å². The Bertz CT molecular complexity index is 511. The van der Waals surface area contributed by atoms with Crippen molar-refractivity contribution in [3.63, 3.8) is 0 Å². The topological polar surface area (TPSA) is 19.0 Å². The third-order valence-corrected chi connectivity index (χ3v) is 8.04. The van der Waals surface area contributed by atoms with Crippen molar-refractivity contribution in [3.05, 3.63) is 0 Å². The Labute approximate surface area is 181 Å². The third-order valence-electron chi connectivity index (χ3n) is 8.04. The van der Waals surface area contributed by atoms with Gasteiger partial charge in [-0.2, -0.15) is 0 Å². The van der Waals surface area contributed by atoms with Gasteiger partial charge in [-0.3, -0.25) is 14.7 Å². The van der Waals surface area contributed by atoms with Crippen molar-refractivity contribution in [2.24, 2.45) is 5.92 Å². The summed E-state index contributed by atoms with van der Waals surface area (Å²) in [6.45, 7) is 25.0. The second-order valence-corrected chi connectivity index (χ2v) is 12.3. The first kappa shape index (κ1) is 23.5. The van der Waals surface area contributed by atoms with Crippen LogP contribution in [0.25, 0.3) is 0 Å². The van der Waals surface area contributed by atoms with Crippen molar-refractivity contribution in [1.82, 2.24) is 14.7 Å². The molecule has 3 fully saturated rings. The van der Waals surface area contributed by atoms with E-state index in [4.69, 9.17) is 4.74 Å². The minimum absolute atomic E-state index is 0.223. The van der Waals surface area contributed by atoms with Gasteiger partial charge in [-0.05, 0) is 119 Å². The molecule has 0 spiro atoms. The zero-order valence-electron chi connectivity index (χ0n) is 20.6. The van der Waals surface area contributed by atoms with E-state index in [0.717, 1.165) is 32.0 Å². The van der Waals surface area contributed by atoms with E-state index in [0.29, 0.717) is 11.6 Å². The van der Waals surface area contributed by atoms with Crippen LogP contribution in [0.15, 0.2) is 0 Å². The predicted molar refractivity (Wildman–Crippen MR) is 124 cm³/mol. The number of hydrogen-bond donors (Lipinski definition) is 0. The fraction of sp³-hybridized carbons (Fsp3) is 1.00. The molecule has 1 unspecified atom stereocenters. The molecule has 0 aromatic rings. The Kier molecular flexibility index (Phi) is 7.41. The van der Waals surface area contributed by atoms with Crippen LogP contribution in [0.4, 0.5) is 0 Å². The average Bonchev–Trinajstić information content (AvgIpc) is 3.17. The molecule has 3 heterocycles. The van der Waals surface area contributed by atoms with Crippen LogP contribution in [0.2, 0.25) is 0 Å². The summed E-state index contributed by atoms with van der Waals surface area (Å²) in [5.74, 6) is 0.889. The lowest BCUT2D eigenvalue weighted by Gasteiger charge is -2.48. The number of ether oxygens (including phenoxy) is 1. The highest BCUT2D eigenvalue weighted by atomic mass is 16.5. The molecule has 0 amide bonds. The van der Waals surface area contributed by atoms with Gasteiger partial charge in [0.05, 0.1) is 12.7 Å². The molecule has 3 aliphatic heterocycles. The summed E-state index contributed by atoms with van der Waals surface area (Å²) in [5, 5.41) is 0. The van der Waals surface area contributed by atoms with E-state index in [2.05, 4.69) is 63.2 Å². The van der Waals surface area contributed by atoms with Gasteiger partial charge in [0.2, 0.25) is 0 Å². The molecule has 29 heavy (non-hydrogen) atoms. The second-order valence-electron chi connectivity index (χ2n) is 12.3. The Morgan fingerprint density at radius 1 is 0.690 bits per heavy atom. The average molecular weight is 408 g/mol. The maximum Gasteiger partial charge on any atom is 0.0720 e. The molecule has 4 heteroatoms. The van der Waals surface area contributed by atoms with Gasteiger partial charge in [-0.15, -0.1) is 0 Å². The quantitative estimate of drug-likeness (QED) is 0.639. The van der Waals surface area contributed by atoms with Crippen LogP contribution in [-0.2, 0) is 4.74 Å². The zero-order chi connectivity index (χ0) is 21.3. The molecule has 4 nitrogen and oxygen atoms in total. The Morgan fingerprint density at radius 3 is 1.83 bits per heavy atom. The van der Waals surface area contributed by atoms with Crippen molar-refractivity contribution < 1.29 is 4.74 Å². The zero-order valence-corrected chi connectivity index (χ0v) is 20.6. The summed E-state index contributed by atoms with van der Waals surface area (Å²) in [7, 11) is 0. The summed E-state index contributed by atoms with van der Waals surface area (Å²) in [6.07, 6.45) is 8.39. The van der Waals surface area contributed by atoms with Crippen LogP contribution in [0.5, 0.6) is 0 Å². The standard InChI is InChI=1S/C25H49N3O/c1-23(2,3)28-16-17-29-22(20-28)19-25(6,7)27-14-10-21(11-15-27)18-24(4,5)26-12-8-9-13-26/h21-22H,8-20H2,1-7H3. The van der Waals surface area contributed by atoms with Gasteiger partial charge >= 0.3 is 0 Å². The molecule has 0 aromatic heterocycles. The summed E-state index contributed by atoms with van der Waals surface area (Å²) < 4.78 is 6.20. The number of likely N-dealkylation sites (tertiary alicyclic amines) is 2. The first-order valence-corrected chi connectivity index (χ1v) is 12.3. The van der Waals surface area contributed by atoms with Gasteiger partial charge in [0.15, 0.2) is 0 Å². The fourth-order valence-corrected chi connectivity index (χ4v) is 6.04. The van der Waals surface area contributed by atoms with E-state index in [-0.39, 0.29) is 11.1 Å². The number of nitrogens with zero attached hydrogens (tertiary/aromatic N) is 3. The first-order valence-electron chi connectivity index (χ1n) is 12.3. The molecule has 0 radical (unpaired) electrons. The van der Waals surface area contributed by atoms with Crippen molar-refractivity contribution in [1.29, 1.82) is 0 Å². The largest absolute Gasteiger partial charge is 0.375 e. The highest BCUT2D eigenvalue weighted by Gasteiger charge is 2.38. The van der Waals surface area contributed by atoms with Crippen LogP contribution in [-0.4, -0.2) is 83.3 Å². The molecule has 0 aromatic carbocycles. The maximum absolute atomic E-state index is 6.20. The highest BCUT2D eigenvalue weighted by molar-refractivity contribution is 4.93. The lowest BCUT2D eigenvalue weighted by atomic mass is 9.82. The van der Waals surface area contributed by atoms with E-state index >= 15 is 0 Å². The summed E-state index contributed by atoms with van der Waals surface area (Å²) in [6, 6.07) is 0. The molecule has 3 aliphatic rings. The molecule has 0 N–H and O–H groups in total. The lowest BCUT2D eigenvalue weighted by Crippen LogP contribution is -2.55. The van der Waals surface area contributed by atoms with Gasteiger partial charge in [0.1, 0.15) is 0 Å². The van der Waals surface area contributed by atoms with E-state index < -0.39 is 0 Å². The van der Waals surface area contributed by atoms with Crippen LogP contribution in [0.3, 0.4) is 0 Å². The molecule has 0 aliphatic carbocycles. The van der Waals surface area contributed by atoms with Gasteiger partial charge in [0, 0.05) is 29.7 Å². The Balaban J connectivity index is 1.47. The van der Waals surface area contributed by atoms with Gasteiger partial charge in [-0.25, -0.2) is 0 Å². The molecular formula is C25H49N3O. The third kappa shape index (κ3) is 6.18. The van der Waals surface area contributed by atoms with E-state index in [1.54, 1.807) is 0 Å². The SMILES string of the molecule is CC(C)(C)N1CCOC(CC(C)(C)N2CCC(CC(C)(C)N3CCCC3)CC2)C1. The molecule has 1 atom stereocenters. The Hall–Kier alpha value is -0.160. The minimum atomic E-state index is 0.223. The van der Waals surface area contributed by atoms with Crippen molar-refractivity contribution in [2.45, 2.75) is 110 Å². The smallest absolute Gasteiger partial charge is 0.0720 e. The van der Waals surface area contributed by atoms with E-state index in [1.165, 1.54) is 58.3 Å². The molecule has 0 saturated carbocycles. The number of hydrogen-bond acceptors (Lipinski definition) is 4. The van der Waals surface area contributed by atoms with Crippen LogP contribution in [0, 0.1) is 5.92 Å². The highest BCUT2D eigenvalue weighted by Crippen LogP contribution is 2.35. The molecule has 0 bridgehead atoms. The van der Waals surface area contributed by atoms with Crippen LogP contribution < -0.4 is 0 Å². The minimum Gasteiger partial charge on any atom is -0.375 e. The summed E-state index contributed by atoms with van der Waals surface area (Å²) in [4.78, 5) is 8.10. The Morgan fingerprint density at radius 2 is 1.24 bits per heavy atom. The maximum atomic E-state index is 6.20.